The first-order valence-corrected chi connectivity index (χ1v) is 8.11. The van der Waals surface area contributed by atoms with E-state index in [4.69, 9.17) is 9.84 Å². The van der Waals surface area contributed by atoms with Crippen LogP contribution in [0.4, 0.5) is 18.9 Å². The van der Waals surface area contributed by atoms with E-state index in [9.17, 15) is 22.8 Å². The Morgan fingerprint density at radius 1 is 1.15 bits per heavy atom. The van der Waals surface area contributed by atoms with Gasteiger partial charge in [-0.3, -0.25) is 9.59 Å². The van der Waals surface area contributed by atoms with E-state index >= 15 is 0 Å². The molecule has 1 atom stereocenters. The number of hydrogen-bond donors (Lipinski definition) is 2. The van der Waals surface area contributed by atoms with Crippen LogP contribution in [0.25, 0.3) is 0 Å². The molecule has 8 heteroatoms. The minimum atomic E-state index is -4.59. The Balaban J connectivity index is 2.05. The number of anilines is 1. The lowest BCUT2D eigenvalue weighted by Gasteiger charge is -2.18. The number of nitrogens with one attached hydrogen (secondary N) is 1. The molecular weight excluding hydrogens is 363 g/mol. The van der Waals surface area contributed by atoms with E-state index in [0.717, 1.165) is 12.1 Å². The first-order chi connectivity index (χ1) is 12.7. The number of rotatable bonds is 7. The maximum absolute atomic E-state index is 13.0. The Labute approximate surface area is 153 Å². The average molecular weight is 381 g/mol. The fourth-order valence-electron chi connectivity index (χ4n) is 2.35. The van der Waals surface area contributed by atoms with Crippen molar-refractivity contribution >= 4 is 17.6 Å². The van der Waals surface area contributed by atoms with Gasteiger partial charge in [0.05, 0.1) is 5.56 Å². The smallest absolute Gasteiger partial charge is 0.419 e. The molecule has 0 aliphatic rings. The summed E-state index contributed by atoms with van der Waals surface area (Å²) in [6, 6.07) is 11.2. The van der Waals surface area contributed by atoms with Crippen LogP contribution in [0, 0.1) is 0 Å². The number of amides is 1. The Bertz CT molecular complexity index is 821. The molecule has 2 rings (SSSR count). The molecule has 0 aliphatic carbocycles. The lowest BCUT2D eigenvalue weighted by molar-refractivity contribution is -0.140. The van der Waals surface area contributed by atoms with Crippen LogP contribution in [0.1, 0.15) is 24.5 Å². The number of aliphatic carboxylic acids is 1. The second-order valence-electron chi connectivity index (χ2n) is 5.84. The lowest BCUT2D eigenvalue weighted by Crippen LogP contribution is -2.30. The molecule has 0 saturated carbocycles. The van der Waals surface area contributed by atoms with Gasteiger partial charge in [0.1, 0.15) is 5.75 Å². The predicted octanol–water partition coefficient (Wildman–Crippen LogP) is 4.13. The molecule has 1 amide bonds. The van der Waals surface area contributed by atoms with Crippen LogP contribution < -0.4 is 10.1 Å². The molecular formula is C19H18F3NO4. The summed E-state index contributed by atoms with van der Waals surface area (Å²) in [5.41, 5.74) is 0.161. The van der Waals surface area contributed by atoms with E-state index in [-0.39, 0.29) is 6.42 Å². The molecule has 5 nitrogen and oxygen atoms in total. The zero-order valence-corrected chi connectivity index (χ0v) is 14.4. The molecule has 144 valence electrons. The van der Waals surface area contributed by atoms with Gasteiger partial charge in [-0.05, 0) is 43.2 Å². The van der Waals surface area contributed by atoms with Gasteiger partial charge in [0, 0.05) is 12.1 Å². The summed E-state index contributed by atoms with van der Waals surface area (Å²) in [5, 5.41) is 11.3. The molecule has 0 spiro atoms. The third kappa shape index (κ3) is 6.02. The van der Waals surface area contributed by atoms with Gasteiger partial charge in [0.15, 0.2) is 6.10 Å². The molecule has 0 bridgehead atoms. The number of carboxylic acids is 1. The average Bonchev–Trinajstić information content (AvgIpc) is 2.59. The number of hydrogen-bond acceptors (Lipinski definition) is 3. The molecule has 0 aromatic heterocycles. The second kappa shape index (κ2) is 8.57. The van der Waals surface area contributed by atoms with Crippen LogP contribution in [0.2, 0.25) is 0 Å². The Morgan fingerprint density at radius 3 is 2.52 bits per heavy atom. The van der Waals surface area contributed by atoms with Crippen LogP contribution in [0.5, 0.6) is 5.75 Å². The summed E-state index contributed by atoms with van der Waals surface area (Å²) < 4.78 is 44.2. The quantitative estimate of drug-likeness (QED) is 0.756. The molecule has 0 aliphatic heterocycles. The molecule has 0 radical (unpaired) electrons. The van der Waals surface area contributed by atoms with Gasteiger partial charge in [0.25, 0.3) is 5.91 Å². The summed E-state index contributed by atoms with van der Waals surface area (Å²) in [4.78, 5) is 22.9. The van der Waals surface area contributed by atoms with Gasteiger partial charge in [-0.15, -0.1) is 0 Å². The molecule has 2 aromatic rings. The van der Waals surface area contributed by atoms with E-state index in [1.54, 1.807) is 24.3 Å². The van der Waals surface area contributed by atoms with Gasteiger partial charge in [0.2, 0.25) is 0 Å². The number of carbonyl (C=O) groups excluding carboxylic acids is 1. The topological polar surface area (TPSA) is 75.6 Å². The van der Waals surface area contributed by atoms with Crippen molar-refractivity contribution < 1.29 is 32.6 Å². The number of aryl methyl sites for hydroxylation is 1. The number of alkyl halides is 3. The van der Waals surface area contributed by atoms with Crippen molar-refractivity contribution in [1.82, 2.24) is 0 Å². The van der Waals surface area contributed by atoms with E-state index in [0.29, 0.717) is 17.7 Å². The monoisotopic (exact) mass is 381 g/mol. The first kappa shape index (κ1) is 20.3. The number of carboxylic acid groups (broad SMARTS) is 1. The number of carbonyl (C=O) groups is 2. The van der Waals surface area contributed by atoms with Crippen molar-refractivity contribution in [1.29, 1.82) is 0 Å². The number of ether oxygens (including phenoxy) is 1. The van der Waals surface area contributed by atoms with Crippen molar-refractivity contribution in [2.45, 2.75) is 32.0 Å². The number of para-hydroxylation sites is 1. The van der Waals surface area contributed by atoms with Crippen LogP contribution in [0.15, 0.2) is 48.5 Å². The molecule has 2 N–H and O–H groups in total. The molecule has 0 saturated heterocycles. The third-order valence-electron chi connectivity index (χ3n) is 3.69. The van der Waals surface area contributed by atoms with Crippen molar-refractivity contribution in [2.75, 3.05) is 5.32 Å². The second-order valence-corrected chi connectivity index (χ2v) is 5.84. The van der Waals surface area contributed by atoms with E-state index in [1.807, 2.05) is 0 Å². The van der Waals surface area contributed by atoms with Crippen molar-refractivity contribution in [3.05, 3.63) is 59.7 Å². The SMILES string of the molecule is CC(Oc1ccccc1C(F)(F)F)C(=O)Nc1cccc(CCC(=O)O)c1. The van der Waals surface area contributed by atoms with Crippen molar-refractivity contribution in [3.63, 3.8) is 0 Å². The molecule has 2 aromatic carbocycles. The van der Waals surface area contributed by atoms with Gasteiger partial charge >= 0.3 is 12.1 Å². The summed E-state index contributed by atoms with van der Waals surface area (Å²) in [5.74, 6) is -1.99. The summed E-state index contributed by atoms with van der Waals surface area (Å²) in [6.45, 7) is 1.34. The highest BCUT2D eigenvalue weighted by molar-refractivity contribution is 5.94. The molecule has 1 unspecified atom stereocenters. The summed E-state index contributed by atoms with van der Waals surface area (Å²) >= 11 is 0. The summed E-state index contributed by atoms with van der Waals surface area (Å²) in [6.07, 6.45) is -5.52. The fourth-order valence-corrected chi connectivity index (χ4v) is 2.35. The van der Waals surface area contributed by atoms with Gasteiger partial charge in [-0.2, -0.15) is 13.2 Å². The van der Waals surface area contributed by atoms with Crippen LogP contribution in [-0.4, -0.2) is 23.1 Å². The van der Waals surface area contributed by atoms with Crippen LogP contribution in [0.3, 0.4) is 0 Å². The number of halogens is 3. The fraction of sp³-hybridized carbons (Fsp3) is 0.263. The highest BCUT2D eigenvalue weighted by atomic mass is 19.4. The Kier molecular flexibility index (Phi) is 6.44. The molecule has 0 heterocycles. The third-order valence-corrected chi connectivity index (χ3v) is 3.69. The standard InChI is InChI=1S/C19H18F3NO4/c1-12(27-16-8-3-2-7-15(16)19(20,21)22)18(26)23-14-6-4-5-13(11-14)9-10-17(24)25/h2-8,11-12H,9-10H2,1H3,(H,23,26)(H,24,25). The zero-order valence-electron chi connectivity index (χ0n) is 14.4. The van der Waals surface area contributed by atoms with E-state index in [2.05, 4.69) is 5.32 Å². The Morgan fingerprint density at radius 2 is 1.85 bits per heavy atom. The zero-order chi connectivity index (χ0) is 20.0. The predicted molar refractivity (Wildman–Crippen MR) is 92.6 cm³/mol. The summed E-state index contributed by atoms with van der Waals surface area (Å²) in [7, 11) is 0. The minimum Gasteiger partial charge on any atom is -0.481 e. The van der Waals surface area contributed by atoms with Gasteiger partial charge < -0.3 is 15.2 Å². The van der Waals surface area contributed by atoms with E-state index < -0.39 is 35.5 Å². The lowest BCUT2D eigenvalue weighted by atomic mass is 10.1. The van der Waals surface area contributed by atoms with Crippen molar-refractivity contribution in [2.24, 2.45) is 0 Å². The normalized spacial score (nSPS) is 12.3. The number of benzene rings is 2. The maximum atomic E-state index is 13.0. The minimum absolute atomic E-state index is 0.0505. The van der Waals surface area contributed by atoms with Gasteiger partial charge in [-0.1, -0.05) is 24.3 Å². The van der Waals surface area contributed by atoms with Gasteiger partial charge in [-0.25, -0.2) is 0 Å². The van der Waals surface area contributed by atoms with Crippen molar-refractivity contribution in [3.8, 4) is 5.75 Å². The maximum Gasteiger partial charge on any atom is 0.419 e. The largest absolute Gasteiger partial charge is 0.481 e. The highest BCUT2D eigenvalue weighted by Gasteiger charge is 2.34. The molecule has 0 fully saturated rings. The first-order valence-electron chi connectivity index (χ1n) is 8.11. The molecule has 27 heavy (non-hydrogen) atoms. The highest BCUT2D eigenvalue weighted by Crippen LogP contribution is 2.36. The Hall–Kier alpha value is -3.03. The van der Waals surface area contributed by atoms with Crippen LogP contribution in [-0.2, 0) is 22.2 Å². The van der Waals surface area contributed by atoms with Crippen LogP contribution >= 0.6 is 0 Å². The van der Waals surface area contributed by atoms with E-state index in [1.165, 1.54) is 19.1 Å².